The zero-order valence-electron chi connectivity index (χ0n) is 11.4. The van der Waals surface area contributed by atoms with Gasteiger partial charge in [-0.2, -0.15) is 0 Å². The van der Waals surface area contributed by atoms with Crippen molar-refractivity contribution in [1.29, 1.82) is 0 Å². The van der Waals surface area contributed by atoms with Crippen molar-refractivity contribution in [3.63, 3.8) is 0 Å². The van der Waals surface area contributed by atoms with Crippen LogP contribution in [0, 0.1) is 29.8 Å². The summed E-state index contributed by atoms with van der Waals surface area (Å²) in [6.45, 7) is 5.54. The number of anilines is 1. The zero-order chi connectivity index (χ0) is 14.9. The molecule has 0 saturated heterocycles. The Labute approximate surface area is 115 Å². The highest BCUT2D eigenvalue weighted by Gasteiger charge is 2.19. The van der Waals surface area contributed by atoms with Gasteiger partial charge in [0.25, 0.3) is 5.69 Å². The number of benzene rings is 1. The minimum absolute atomic E-state index is 0.184. The Kier molecular flexibility index (Phi) is 3.74. The lowest BCUT2D eigenvalue weighted by molar-refractivity contribution is -0.384. The van der Waals surface area contributed by atoms with E-state index < -0.39 is 10.7 Å². The lowest BCUT2D eigenvalue weighted by Gasteiger charge is -2.14. The molecule has 20 heavy (non-hydrogen) atoms. The minimum Gasteiger partial charge on any atom is -0.466 e. The minimum atomic E-state index is -0.634. The topological polar surface area (TPSA) is 68.3 Å². The molecule has 1 unspecified atom stereocenters. The van der Waals surface area contributed by atoms with Crippen LogP contribution in [0.5, 0.6) is 0 Å². The van der Waals surface area contributed by atoms with Gasteiger partial charge in [0.15, 0.2) is 0 Å². The highest BCUT2D eigenvalue weighted by atomic mass is 19.1. The van der Waals surface area contributed by atoms with Crippen LogP contribution in [0.1, 0.15) is 30.0 Å². The van der Waals surface area contributed by atoms with Crippen molar-refractivity contribution in [2.75, 3.05) is 5.32 Å². The predicted molar refractivity (Wildman–Crippen MR) is 73.3 cm³/mol. The highest BCUT2D eigenvalue weighted by molar-refractivity contribution is 5.62. The van der Waals surface area contributed by atoms with E-state index in [0.29, 0.717) is 0 Å². The molecule has 0 aliphatic carbocycles. The lowest BCUT2D eigenvalue weighted by atomic mass is 10.1. The van der Waals surface area contributed by atoms with Crippen LogP contribution in [0.4, 0.5) is 15.8 Å². The van der Waals surface area contributed by atoms with Crippen LogP contribution in [0.15, 0.2) is 28.7 Å². The Morgan fingerprint density at radius 3 is 2.60 bits per heavy atom. The molecule has 1 atom stereocenters. The maximum absolute atomic E-state index is 13.1. The molecule has 2 rings (SSSR count). The lowest BCUT2D eigenvalue weighted by Crippen LogP contribution is -2.08. The molecule has 0 saturated carbocycles. The third-order valence-corrected chi connectivity index (χ3v) is 3.07. The van der Waals surface area contributed by atoms with E-state index in [1.54, 1.807) is 0 Å². The Morgan fingerprint density at radius 1 is 1.35 bits per heavy atom. The molecule has 5 nitrogen and oxygen atoms in total. The summed E-state index contributed by atoms with van der Waals surface area (Å²) in [6.07, 6.45) is 0. The molecule has 0 spiro atoms. The summed E-state index contributed by atoms with van der Waals surface area (Å²) < 4.78 is 18.5. The molecule has 6 heteroatoms. The standard InChI is InChI=1S/C14H15FN2O3/c1-8-6-12(10(3)20-8)9(2)16-13-5-4-11(15)7-14(13)17(18)19/h4-7,9,16H,1-3H3. The van der Waals surface area contributed by atoms with E-state index in [0.717, 1.165) is 23.2 Å². The van der Waals surface area contributed by atoms with Crippen molar-refractivity contribution in [1.82, 2.24) is 0 Å². The van der Waals surface area contributed by atoms with Crippen LogP contribution >= 0.6 is 0 Å². The van der Waals surface area contributed by atoms with Gasteiger partial charge in [-0.25, -0.2) is 4.39 Å². The number of hydrogen-bond acceptors (Lipinski definition) is 4. The van der Waals surface area contributed by atoms with Crippen LogP contribution < -0.4 is 5.32 Å². The van der Waals surface area contributed by atoms with Gasteiger partial charge < -0.3 is 9.73 Å². The summed E-state index contributed by atoms with van der Waals surface area (Å²) in [6, 6.07) is 5.16. The number of halogens is 1. The molecular formula is C14H15FN2O3. The fourth-order valence-electron chi connectivity index (χ4n) is 2.17. The first kappa shape index (κ1) is 14.0. The van der Waals surface area contributed by atoms with Gasteiger partial charge in [-0.3, -0.25) is 10.1 Å². The van der Waals surface area contributed by atoms with Crippen molar-refractivity contribution < 1.29 is 13.7 Å². The first-order valence-electron chi connectivity index (χ1n) is 6.16. The quantitative estimate of drug-likeness (QED) is 0.674. The highest BCUT2D eigenvalue weighted by Crippen LogP contribution is 2.30. The molecule has 106 valence electrons. The molecule has 1 aromatic heterocycles. The van der Waals surface area contributed by atoms with Crippen LogP contribution in [0.25, 0.3) is 0 Å². The van der Waals surface area contributed by atoms with E-state index in [4.69, 9.17) is 4.42 Å². The van der Waals surface area contributed by atoms with E-state index in [9.17, 15) is 14.5 Å². The first-order chi connectivity index (χ1) is 9.38. The summed E-state index contributed by atoms with van der Waals surface area (Å²) in [5.74, 6) is 0.900. The summed E-state index contributed by atoms with van der Waals surface area (Å²) >= 11 is 0. The van der Waals surface area contributed by atoms with Gasteiger partial charge >= 0.3 is 0 Å². The molecule has 1 heterocycles. The third-order valence-electron chi connectivity index (χ3n) is 3.07. The van der Waals surface area contributed by atoms with Crippen molar-refractivity contribution >= 4 is 11.4 Å². The Balaban J connectivity index is 2.30. The summed E-state index contributed by atoms with van der Waals surface area (Å²) in [5.41, 5.74) is 0.915. The second kappa shape index (κ2) is 5.32. The fourth-order valence-corrected chi connectivity index (χ4v) is 2.17. The second-order valence-corrected chi connectivity index (χ2v) is 4.65. The van der Waals surface area contributed by atoms with Crippen LogP contribution in [-0.4, -0.2) is 4.92 Å². The monoisotopic (exact) mass is 278 g/mol. The van der Waals surface area contributed by atoms with Gasteiger partial charge in [0.05, 0.1) is 17.0 Å². The number of nitrogens with one attached hydrogen (secondary N) is 1. The maximum atomic E-state index is 13.1. The normalized spacial score (nSPS) is 12.2. The molecule has 0 aliphatic rings. The van der Waals surface area contributed by atoms with E-state index in [-0.39, 0.29) is 17.4 Å². The van der Waals surface area contributed by atoms with Gasteiger partial charge in [-0.15, -0.1) is 0 Å². The van der Waals surface area contributed by atoms with Gasteiger partial charge in [-0.1, -0.05) is 0 Å². The first-order valence-corrected chi connectivity index (χ1v) is 6.16. The number of nitro groups is 1. The van der Waals surface area contributed by atoms with Gasteiger partial charge in [0.2, 0.25) is 0 Å². The average molecular weight is 278 g/mol. The molecule has 0 amide bonds. The van der Waals surface area contributed by atoms with E-state index in [1.165, 1.54) is 12.1 Å². The number of nitrogens with zero attached hydrogens (tertiary/aromatic N) is 1. The van der Waals surface area contributed by atoms with Crippen molar-refractivity contribution in [2.45, 2.75) is 26.8 Å². The van der Waals surface area contributed by atoms with Crippen LogP contribution in [-0.2, 0) is 0 Å². The number of nitro benzene ring substituents is 1. The molecule has 0 bridgehead atoms. The molecule has 1 N–H and O–H groups in total. The van der Waals surface area contributed by atoms with Gasteiger partial charge in [0.1, 0.15) is 23.0 Å². The van der Waals surface area contributed by atoms with Crippen LogP contribution in [0.3, 0.4) is 0 Å². The SMILES string of the molecule is Cc1cc(C(C)Nc2ccc(F)cc2[N+](=O)[O-])c(C)o1. The number of rotatable bonds is 4. The number of aryl methyl sites for hydroxylation is 2. The molecule has 2 aromatic rings. The predicted octanol–water partition coefficient (Wildman–Crippen LogP) is 4.12. The fraction of sp³-hybridized carbons (Fsp3) is 0.286. The average Bonchev–Trinajstić information content (AvgIpc) is 2.70. The molecule has 0 radical (unpaired) electrons. The summed E-state index contributed by atoms with van der Waals surface area (Å²) in [4.78, 5) is 10.3. The van der Waals surface area contributed by atoms with Crippen molar-refractivity contribution in [3.8, 4) is 0 Å². The summed E-state index contributed by atoms with van der Waals surface area (Å²) in [7, 11) is 0. The maximum Gasteiger partial charge on any atom is 0.295 e. The van der Waals surface area contributed by atoms with E-state index >= 15 is 0 Å². The molecular weight excluding hydrogens is 263 g/mol. The zero-order valence-corrected chi connectivity index (χ0v) is 11.4. The van der Waals surface area contributed by atoms with E-state index in [2.05, 4.69) is 5.32 Å². The molecule has 0 fully saturated rings. The van der Waals surface area contributed by atoms with Crippen molar-refractivity contribution in [2.24, 2.45) is 0 Å². The number of furan rings is 1. The Morgan fingerprint density at radius 2 is 2.05 bits per heavy atom. The largest absolute Gasteiger partial charge is 0.466 e. The second-order valence-electron chi connectivity index (χ2n) is 4.65. The van der Waals surface area contributed by atoms with Gasteiger partial charge in [-0.05, 0) is 39.0 Å². The molecule has 1 aromatic carbocycles. The Bertz CT molecular complexity index is 652. The van der Waals surface area contributed by atoms with Crippen molar-refractivity contribution in [3.05, 3.63) is 57.3 Å². The summed E-state index contributed by atoms with van der Waals surface area (Å²) in [5, 5.41) is 14.0. The smallest absolute Gasteiger partial charge is 0.295 e. The van der Waals surface area contributed by atoms with Gasteiger partial charge in [0, 0.05) is 5.56 Å². The molecule has 0 aliphatic heterocycles. The Hall–Kier alpha value is -2.37. The third kappa shape index (κ3) is 2.79. The number of hydrogen-bond donors (Lipinski definition) is 1. The van der Waals surface area contributed by atoms with E-state index in [1.807, 2.05) is 26.8 Å². The van der Waals surface area contributed by atoms with Crippen LogP contribution in [0.2, 0.25) is 0 Å².